The number of anilines is 1. The lowest BCUT2D eigenvalue weighted by molar-refractivity contribution is -0.119. The summed E-state index contributed by atoms with van der Waals surface area (Å²) in [6, 6.07) is 1.78. The summed E-state index contributed by atoms with van der Waals surface area (Å²) in [5.74, 6) is -0.389. The Morgan fingerprint density at radius 2 is 2.17 bits per heavy atom. The average Bonchev–Trinajstić information content (AvgIpc) is 3.14. The van der Waals surface area contributed by atoms with E-state index in [2.05, 4.69) is 15.4 Å². The van der Waals surface area contributed by atoms with Crippen LogP contribution in [0.25, 0.3) is 5.65 Å². The van der Waals surface area contributed by atoms with E-state index in [9.17, 15) is 9.59 Å². The number of nitrogens with one attached hydrogen (secondary N) is 1. The standard InChI is InChI=1S/C16H21N5O3/c1-16(2,3)24-15(23)20-7-5-11(9-20)14(22)19-12-8-17-13-4-6-18-21(13)10-12/h4,6,8,10-11H,5,7,9H2,1-3H3,(H,19,22). The predicted octanol–water partition coefficient (Wildman–Crippen LogP) is 1.92. The third-order valence-electron chi connectivity index (χ3n) is 3.72. The summed E-state index contributed by atoms with van der Waals surface area (Å²) in [5.41, 5.74) is 0.749. The number of hydrogen-bond donors (Lipinski definition) is 1. The molecule has 1 atom stereocenters. The number of aromatic nitrogens is 3. The number of hydrogen-bond acceptors (Lipinski definition) is 5. The van der Waals surface area contributed by atoms with E-state index in [0.29, 0.717) is 30.8 Å². The maximum absolute atomic E-state index is 12.4. The van der Waals surface area contributed by atoms with Gasteiger partial charge in [-0.1, -0.05) is 0 Å². The molecule has 0 aromatic carbocycles. The SMILES string of the molecule is CC(C)(C)OC(=O)N1CCC(C(=O)Nc2cnc3ccnn3c2)C1. The molecule has 1 aliphatic heterocycles. The molecule has 1 saturated heterocycles. The van der Waals surface area contributed by atoms with E-state index in [1.165, 1.54) is 0 Å². The van der Waals surface area contributed by atoms with Crippen molar-refractivity contribution in [3.63, 3.8) is 0 Å². The second kappa shape index (κ2) is 6.10. The van der Waals surface area contributed by atoms with Crippen molar-refractivity contribution in [1.82, 2.24) is 19.5 Å². The molecule has 0 spiro atoms. The van der Waals surface area contributed by atoms with E-state index in [1.807, 2.05) is 20.8 Å². The van der Waals surface area contributed by atoms with E-state index < -0.39 is 5.60 Å². The van der Waals surface area contributed by atoms with Crippen LogP contribution in [0.3, 0.4) is 0 Å². The Kier molecular flexibility index (Phi) is 4.13. The molecule has 1 N–H and O–H groups in total. The number of rotatable bonds is 2. The third-order valence-corrected chi connectivity index (χ3v) is 3.72. The van der Waals surface area contributed by atoms with Crippen LogP contribution < -0.4 is 5.32 Å². The predicted molar refractivity (Wildman–Crippen MR) is 87.5 cm³/mol. The Morgan fingerprint density at radius 1 is 1.38 bits per heavy atom. The van der Waals surface area contributed by atoms with Gasteiger partial charge in [0, 0.05) is 19.2 Å². The quantitative estimate of drug-likeness (QED) is 0.908. The topological polar surface area (TPSA) is 88.8 Å². The first-order valence-electron chi connectivity index (χ1n) is 7.90. The van der Waals surface area contributed by atoms with Gasteiger partial charge in [-0.2, -0.15) is 5.10 Å². The first kappa shape index (κ1) is 16.2. The van der Waals surface area contributed by atoms with Gasteiger partial charge in [-0.25, -0.2) is 14.3 Å². The maximum atomic E-state index is 12.4. The fourth-order valence-electron chi connectivity index (χ4n) is 2.59. The van der Waals surface area contributed by atoms with Crippen molar-refractivity contribution in [1.29, 1.82) is 0 Å². The summed E-state index contributed by atoms with van der Waals surface area (Å²) < 4.78 is 6.94. The molecule has 3 rings (SSSR count). The molecule has 128 valence electrons. The normalized spacial score (nSPS) is 18.0. The molecule has 8 heteroatoms. The molecule has 0 bridgehead atoms. The highest BCUT2D eigenvalue weighted by Gasteiger charge is 2.33. The first-order valence-corrected chi connectivity index (χ1v) is 7.90. The minimum absolute atomic E-state index is 0.130. The van der Waals surface area contributed by atoms with Crippen LogP contribution in [0.1, 0.15) is 27.2 Å². The van der Waals surface area contributed by atoms with E-state index >= 15 is 0 Å². The molecule has 8 nitrogen and oxygen atoms in total. The number of fused-ring (bicyclic) bond motifs is 1. The highest BCUT2D eigenvalue weighted by molar-refractivity contribution is 5.93. The fourth-order valence-corrected chi connectivity index (χ4v) is 2.59. The smallest absolute Gasteiger partial charge is 0.410 e. The Hall–Kier alpha value is -2.64. The summed E-state index contributed by atoms with van der Waals surface area (Å²) in [6.07, 6.45) is 5.18. The maximum Gasteiger partial charge on any atom is 0.410 e. The van der Waals surface area contributed by atoms with Gasteiger partial charge in [-0.15, -0.1) is 0 Å². The van der Waals surface area contributed by atoms with Crippen LogP contribution in [0.5, 0.6) is 0 Å². The molecule has 0 saturated carbocycles. The number of carbonyl (C=O) groups excluding carboxylic acids is 2. The summed E-state index contributed by atoms with van der Waals surface area (Å²) in [6.45, 7) is 6.35. The van der Waals surface area contributed by atoms with Gasteiger partial charge in [0.25, 0.3) is 0 Å². The third kappa shape index (κ3) is 3.64. The van der Waals surface area contributed by atoms with Crippen molar-refractivity contribution in [2.75, 3.05) is 18.4 Å². The highest BCUT2D eigenvalue weighted by atomic mass is 16.6. The molecule has 0 aliphatic carbocycles. The summed E-state index contributed by atoms with van der Waals surface area (Å²) >= 11 is 0. The lowest BCUT2D eigenvalue weighted by atomic mass is 10.1. The number of carbonyl (C=O) groups is 2. The van der Waals surface area contributed by atoms with Crippen LogP contribution >= 0.6 is 0 Å². The number of likely N-dealkylation sites (tertiary alicyclic amines) is 1. The first-order chi connectivity index (χ1) is 11.3. The van der Waals surface area contributed by atoms with Crippen LogP contribution in [0.2, 0.25) is 0 Å². The Labute approximate surface area is 139 Å². The minimum Gasteiger partial charge on any atom is -0.444 e. The van der Waals surface area contributed by atoms with E-state index in [4.69, 9.17) is 4.74 Å². The number of amides is 2. The summed E-state index contributed by atoms with van der Waals surface area (Å²) in [4.78, 5) is 30.2. The molecule has 2 amide bonds. The lowest BCUT2D eigenvalue weighted by Gasteiger charge is -2.24. The molecule has 3 heterocycles. The highest BCUT2D eigenvalue weighted by Crippen LogP contribution is 2.21. The van der Waals surface area contributed by atoms with Gasteiger partial charge in [-0.05, 0) is 27.2 Å². The van der Waals surface area contributed by atoms with Crippen molar-refractivity contribution in [2.24, 2.45) is 5.92 Å². The van der Waals surface area contributed by atoms with Gasteiger partial charge in [0.05, 0.1) is 30.2 Å². The second-order valence-corrected chi connectivity index (χ2v) is 6.88. The van der Waals surface area contributed by atoms with Gasteiger partial charge >= 0.3 is 6.09 Å². The zero-order valence-electron chi connectivity index (χ0n) is 14.0. The lowest BCUT2D eigenvalue weighted by Crippen LogP contribution is -2.36. The number of nitrogens with zero attached hydrogens (tertiary/aromatic N) is 4. The zero-order valence-corrected chi connectivity index (χ0v) is 14.0. The molecule has 2 aromatic rings. The van der Waals surface area contributed by atoms with Crippen molar-refractivity contribution < 1.29 is 14.3 Å². The van der Waals surface area contributed by atoms with Crippen LogP contribution in [0.15, 0.2) is 24.7 Å². The monoisotopic (exact) mass is 331 g/mol. The van der Waals surface area contributed by atoms with Gasteiger partial charge in [0.15, 0.2) is 5.65 Å². The van der Waals surface area contributed by atoms with Crippen LogP contribution in [-0.4, -0.2) is 50.2 Å². The molecule has 1 aliphatic rings. The van der Waals surface area contributed by atoms with Crippen molar-refractivity contribution in [2.45, 2.75) is 32.8 Å². The molecular formula is C16H21N5O3. The molecule has 1 fully saturated rings. The van der Waals surface area contributed by atoms with Gasteiger partial charge in [-0.3, -0.25) is 4.79 Å². The fraction of sp³-hybridized carbons (Fsp3) is 0.500. The molecule has 2 aromatic heterocycles. The van der Waals surface area contributed by atoms with Crippen LogP contribution in [0.4, 0.5) is 10.5 Å². The van der Waals surface area contributed by atoms with E-state index in [-0.39, 0.29) is 17.9 Å². The molecule has 0 radical (unpaired) electrons. The molecular weight excluding hydrogens is 310 g/mol. The minimum atomic E-state index is -0.539. The summed E-state index contributed by atoms with van der Waals surface area (Å²) in [7, 11) is 0. The van der Waals surface area contributed by atoms with E-state index in [0.717, 1.165) is 0 Å². The van der Waals surface area contributed by atoms with Gasteiger partial charge < -0.3 is 15.0 Å². The summed E-state index contributed by atoms with van der Waals surface area (Å²) in [5, 5.41) is 6.92. The van der Waals surface area contributed by atoms with Crippen LogP contribution in [0, 0.1) is 5.92 Å². The second-order valence-electron chi connectivity index (χ2n) is 6.88. The Balaban J connectivity index is 1.59. The van der Waals surface area contributed by atoms with Gasteiger partial charge in [0.2, 0.25) is 5.91 Å². The molecule has 24 heavy (non-hydrogen) atoms. The van der Waals surface area contributed by atoms with Gasteiger partial charge in [0.1, 0.15) is 5.60 Å². The van der Waals surface area contributed by atoms with E-state index in [1.54, 1.807) is 34.1 Å². The Bertz CT molecular complexity index is 764. The Morgan fingerprint density at radius 3 is 2.92 bits per heavy atom. The number of ether oxygens (including phenoxy) is 1. The van der Waals surface area contributed by atoms with Crippen molar-refractivity contribution >= 4 is 23.3 Å². The average molecular weight is 331 g/mol. The zero-order chi connectivity index (χ0) is 17.3. The van der Waals surface area contributed by atoms with Crippen molar-refractivity contribution in [3.8, 4) is 0 Å². The largest absolute Gasteiger partial charge is 0.444 e. The van der Waals surface area contributed by atoms with Crippen LogP contribution in [-0.2, 0) is 9.53 Å². The van der Waals surface area contributed by atoms with Crippen molar-refractivity contribution in [3.05, 3.63) is 24.7 Å². The molecule has 1 unspecified atom stereocenters.